The summed E-state index contributed by atoms with van der Waals surface area (Å²) in [4.78, 5) is 8.52. The Balaban J connectivity index is 1.84. The fraction of sp³-hybridized carbons (Fsp3) is 0.118. The van der Waals surface area contributed by atoms with Crippen LogP contribution in [-0.4, -0.2) is 16.6 Å². The number of pyridine rings is 2. The Kier molecular flexibility index (Phi) is 3.74. The van der Waals surface area contributed by atoms with Gasteiger partial charge in [0.25, 0.3) is 0 Å². The first kappa shape index (κ1) is 13.1. The van der Waals surface area contributed by atoms with Gasteiger partial charge < -0.3 is 4.74 Å². The predicted molar refractivity (Wildman–Crippen MR) is 79.9 cm³/mol. The Labute approximate surface area is 122 Å². The summed E-state index contributed by atoms with van der Waals surface area (Å²) in [6.07, 6.45) is 4.01. The number of hydrogen-bond donors (Lipinski definition) is 0. The van der Waals surface area contributed by atoms with E-state index < -0.39 is 0 Å². The van der Waals surface area contributed by atoms with E-state index in [9.17, 15) is 5.26 Å². The molecule has 3 rings (SSSR count). The molecule has 0 spiro atoms. The lowest BCUT2D eigenvalue weighted by atomic mass is 10.1. The maximum atomic E-state index is 9.21. The molecule has 0 aliphatic rings. The summed E-state index contributed by atoms with van der Waals surface area (Å²) in [7, 11) is 0. The van der Waals surface area contributed by atoms with Crippen molar-refractivity contribution in [1.29, 1.82) is 5.26 Å². The van der Waals surface area contributed by atoms with Crippen LogP contribution in [0.25, 0.3) is 10.9 Å². The van der Waals surface area contributed by atoms with E-state index in [4.69, 9.17) is 4.74 Å². The largest absolute Gasteiger partial charge is 0.491 e. The van der Waals surface area contributed by atoms with Crippen molar-refractivity contribution >= 4 is 10.9 Å². The van der Waals surface area contributed by atoms with Gasteiger partial charge in [-0.2, -0.15) is 5.26 Å². The molecule has 1 aromatic carbocycles. The van der Waals surface area contributed by atoms with Gasteiger partial charge in [-0.25, -0.2) is 0 Å². The monoisotopic (exact) mass is 275 g/mol. The molecule has 2 heterocycles. The number of fused-ring (bicyclic) bond motifs is 1. The van der Waals surface area contributed by atoms with Crippen LogP contribution in [0.15, 0.2) is 54.9 Å². The number of hydrogen-bond acceptors (Lipinski definition) is 4. The van der Waals surface area contributed by atoms with Gasteiger partial charge in [0.15, 0.2) is 0 Å². The highest BCUT2D eigenvalue weighted by atomic mass is 16.5. The lowest BCUT2D eigenvalue weighted by molar-refractivity contribution is 0.323. The standard InChI is InChI=1S/C17H13N3O/c18-11-13-12-20-16-7-2-1-6-15(16)17(13)21-10-8-14-5-3-4-9-19-14/h1-7,9,12H,8,10H2. The number of ether oxygens (including phenoxy) is 1. The summed E-state index contributed by atoms with van der Waals surface area (Å²) in [6, 6.07) is 15.6. The third-order valence-electron chi connectivity index (χ3n) is 3.18. The van der Waals surface area contributed by atoms with Gasteiger partial charge in [0, 0.05) is 29.9 Å². The van der Waals surface area contributed by atoms with Crippen LogP contribution >= 0.6 is 0 Å². The van der Waals surface area contributed by atoms with E-state index in [1.807, 2.05) is 42.5 Å². The number of para-hydroxylation sites is 1. The third-order valence-corrected chi connectivity index (χ3v) is 3.18. The molecule has 0 saturated carbocycles. The Hall–Kier alpha value is -2.93. The fourth-order valence-corrected chi connectivity index (χ4v) is 2.15. The van der Waals surface area contributed by atoms with Crippen molar-refractivity contribution < 1.29 is 4.74 Å². The number of benzene rings is 1. The second kappa shape index (κ2) is 6.02. The zero-order chi connectivity index (χ0) is 14.5. The van der Waals surface area contributed by atoms with E-state index in [0.717, 1.165) is 16.6 Å². The van der Waals surface area contributed by atoms with Crippen molar-refractivity contribution in [3.8, 4) is 11.8 Å². The summed E-state index contributed by atoms with van der Waals surface area (Å²) in [5.41, 5.74) is 2.24. The highest BCUT2D eigenvalue weighted by Crippen LogP contribution is 2.27. The Bertz CT molecular complexity index is 794. The Morgan fingerprint density at radius 3 is 2.71 bits per heavy atom. The van der Waals surface area contributed by atoms with Crippen LogP contribution in [0.2, 0.25) is 0 Å². The van der Waals surface area contributed by atoms with Crippen molar-refractivity contribution in [2.24, 2.45) is 0 Å². The molecule has 0 N–H and O–H groups in total. The molecule has 0 saturated heterocycles. The topological polar surface area (TPSA) is 58.8 Å². The minimum atomic E-state index is 0.453. The van der Waals surface area contributed by atoms with Gasteiger partial charge in [-0.05, 0) is 24.3 Å². The van der Waals surface area contributed by atoms with Gasteiger partial charge in [0.05, 0.1) is 12.1 Å². The van der Waals surface area contributed by atoms with E-state index in [-0.39, 0.29) is 0 Å². The van der Waals surface area contributed by atoms with Crippen LogP contribution in [0, 0.1) is 11.3 Å². The fourth-order valence-electron chi connectivity index (χ4n) is 2.15. The van der Waals surface area contributed by atoms with E-state index in [2.05, 4.69) is 16.0 Å². The predicted octanol–water partition coefficient (Wildman–Crippen LogP) is 3.12. The SMILES string of the molecule is N#Cc1cnc2ccccc2c1OCCc1ccccn1. The first-order valence-corrected chi connectivity index (χ1v) is 6.69. The summed E-state index contributed by atoms with van der Waals surface area (Å²) in [5.74, 6) is 0.596. The average molecular weight is 275 g/mol. The molecule has 0 atom stereocenters. The minimum Gasteiger partial charge on any atom is -0.491 e. The van der Waals surface area contributed by atoms with E-state index in [1.54, 1.807) is 12.4 Å². The second-order valence-electron chi connectivity index (χ2n) is 4.55. The highest BCUT2D eigenvalue weighted by Gasteiger charge is 2.09. The Morgan fingerprint density at radius 2 is 1.90 bits per heavy atom. The van der Waals surface area contributed by atoms with Crippen molar-refractivity contribution in [2.45, 2.75) is 6.42 Å². The molecule has 0 aliphatic carbocycles. The smallest absolute Gasteiger partial charge is 0.148 e. The minimum absolute atomic E-state index is 0.453. The number of nitrogens with zero attached hydrogens (tertiary/aromatic N) is 3. The molecular weight excluding hydrogens is 262 g/mol. The number of nitriles is 1. The van der Waals surface area contributed by atoms with E-state index in [1.165, 1.54) is 0 Å². The first-order chi connectivity index (χ1) is 10.4. The lowest BCUT2D eigenvalue weighted by Crippen LogP contribution is -2.04. The molecule has 0 bridgehead atoms. The molecule has 21 heavy (non-hydrogen) atoms. The van der Waals surface area contributed by atoms with Gasteiger partial charge in [-0.15, -0.1) is 0 Å². The van der Waals surface area contributed by atoms with Gasteiger partial charge in [0.1, 0.15) is 17.4 Å². The van der Waals surface area contributed by atoms with Crippen molar-refractivity contribution in [2.75, 3.05) is 6.61 Å². The van der Waals surface area contributed by atoms with E-state index in [0.29, 0.717) is 24.3 Å². The first-order valence-electron chi connectivity index (χ1n) is 6.69. The quantitative estimate of drug-likeness (QED) is 0.734. The summed E-state index contributed by atoms with van der Waals surface area (Å²) >= 11 is 0. The molecule has 0 unspecified atom stereocenters. The van der Waals surface area contributed by atoms with Crippen LogP contribution in [0.1, 0.15) is 11.3 Å². The zero-order valence-electron chi connectivity index (χ0n) is 11.4. The van der Waals surface area contributed by atoms with Crippen LogP contribution in [0.3, 0.4) is 0 Å². The van der Waals surface area contributed by atoms with Crippen molar-refractivity contribution in [3.05, 3.63) is 66.1 Å². The van der Waals surface area contributed by atoms with Crippen LogP contribution in [0.5, 0.6) is 5.75 Å². The number of rotatable bonds is 4. The average Bonchev–Trinajstić information content (AvgIpc) is 2.56. The van der Waals surface area contributed by atoms with Gasteiger partial charge >= 0.3 is 0 Å². The molecular formula is C17H13N3O. The summed E-state index contributed by atoms with van der Waals surface area (Å²) in [5, 5.41) is 10.1. The van der Waals surface area contributed by atoms with Crippen LogP contribution < -0.4 is 4.74 Å². The molecule has 0 aliphatic heterocycles. The second-order valence-corrected chi connectivity index (χ2v) is 4.55. The highest BCUT2D eigenvalue weighted by molar-refractivity contribution is 5.87. The van der Waals surface area contributed by atoms with Crippen LogP contribution in [0.4, 0.5) is 0 Å². The molecule has 0 fully saturated rings. The van der Waals surface area contributed by atoms with Gasteiger partial charge in [-0.1, -0.05) is 18.2 Å². The summed E-state index contributed by atoms with van der Waals surface area (Å²) in [6.45, 7) is 0.472. The molecule has 2 aromatic heterocycles. The van der Waals surface area contributed by atoms with E-state index >= 15 is 0 Å². The molecule has 102 valence electrons. The summed E-state index contributed by atoms with van der Waals surface area (Å²) < 4.78 is 5.84. The zero-order valence-corrected chi connectivity index (χ0v) is 11.4. The van der Waals surface area contributed by atoms with Crippen molar-refractivity contribution in [1.82, 2.24) is 9.97 Å². The van der Waals surface area contributed by atoms with Crippen molar-refractivity contribution in [3.63, 3.8) is 0 Å². The Morgan fingerprint density at radius 1 is 1.05 bits per heavy atom. The normalized spacial score (nSPS) is 10.2. The molecule has 0 amide bonds. The third kappa shape index (κ3) is 2.82. The maximum absolute atomic E-state index is 9.21. The lowest BCUT2D eigenvalue weighted by Gasteiger charge is -2.10. The maximum Gasteiger partial charge on any atom is 0.148 e. The molecule has 3 aromatic rings. The molecule has 4 nitrogen and oxygen atoms in total. The van der Waals surface area contributed by atoms with Gasteiger partial charge in [0.2, 0.25) is 0 Å². The molecule has 0 radical (unpaired) electrons. The van der Waals surface area contributed by atoms with Crippen LogP contribution in [-0.2, 0) is 6.42 Å². The number of aromatic nitrogens is 2. The molecule has 4 heteroatoms. The van der Waals surface area contributed by atoms with Gasteiger partial charge in [-0.3, -0.25) is 9.97 Å².